The number of nitrogens with zero attached hydrogens (tertiary/aromatic N) is 2. The molecule has 0 aliphatic carbocycles. The normalized spacial score (nSPS) is 13.5. The molecule has 0 atom stereocenters. The van der Waals surface area contributed by atoms with Crippen LogP contribution < -0.4 is 19.9 Å². The molecule has 1 heterocycles. The Kier molecular flexibility index (Phi) is 6.18. The van der Waals surface area contributed by atoms with Gasteiger partial charge in [-0.2, -0.15) is 0 Å². The van der Waals surface area contributed by atoms with Gasteiger partial charge in [0.05, 0.1) is 17.9 Å². The lowest BCUT2D eigenvalue weighted by molar-refractivity contribution is -0.120. The van der Waals surface area contributed by atoms with Crippen molar-refractivity contribution in [2.24, 2.45) is 0 Å². The highest BCUT2D eigenvalue weighted by molar-refractivity contribution is 6.46. The van der Waals surface area contributed by atoms with E-state index >= 15 is 0 Å². The molecule has 0 radical (unpaired) electrons. The van der Waals surface area contributed by atoms with Gasteiger partial charge in [0.25, 0.3) is 11.8 Å². The highest BCUT2D eigenvalue weighted by Crippen LogP contribution is 2.34. The second-order valence-electron chi connectivity index (χ2n) is 8.05. The van der Waals surface area contributed by atoms with Gasteiger partial charge in [0, 0.05) is 25.5 Å². The van der Waals surface area contributed by atoms with Crippen molar-refractivity contribution in [3.8, 4) is 5.75 Å². The molecule has 1 aliphatic heterocycles. The van der Waals surface area contributed by atoms with Crippen LogP contribution in [-0.2, 0) is 9.59 Å². The third-order valence-electron chi connectivity index (χ3n) is 5.48. The SMILES string of the molecule is CCOc1ccc(NC2=C(c3ccc(C)cc3)C(=O)N(c3ccc(N(C)C)cc3)C2=O)cc1. The molecular weight excluding hydrogens is 414 g/mol. The zero-order valence-electron chi connectivity index (χ0n) is 19.3. The summed E-state index contributed by atoms with van der Waals surface area (Å²) < 4.78 is 5.50. The number of amides is 2. The van der Waals surface area contributed by atoms with E-state index in [4.69, 9.17) is 4.74 Å². The van der Waals surface area contributed by atoms with Gasteiger partial charge in [-0.25, -0.2) is 4.90 Å². The summed E-state index contributed by atoms with van der Waals surface area (Å²) in [7, 11) is 3.88. The van der Waals surface area contributed by atoms with E-state index in [0.29, 0.717) is 29.1 Å². The maximum Gasteiger partial charge on any atom is 0.282 e. The minimum absolute atomic E-state index is 0.254. The van der Waals surface area contributed by atoms with E-state index in [0.717, 1.165) is 17.0 Å². The Morgan fingerprint density at radius 3 is 2.06 bits per heavy atom. The van der Waals surface area contributed by atoms with Crippen LogP contribution in [-0.4, -0.2) is 32.5 Å². The molecule has 168 valence electrons. The molecule has 1 aliphatic rings. The van der Waals surface area contributed by atoms with Crippen LogP contribution in [0.4, 0.5) is 17.1 Å². The maximum absolute atomic E-state index is 13.5. The molecule has 3 aromatic carbocycles. The van der Waals surface area contributed by atoms with Gasteiger partial charge in [-0.05, 0) is 67.9 Å². The van der Waals surface area contributed by atoms with Crippen LogP contribution in [0.15, 0.2) is 78.5 Å². The first-order valence-corrected chi connectivity index (χ1v) is 10.9. The predicted molar refractivity (Wildman–Crippen MR) is 133 cm³/mol. The topological polar surface area (TPSA) is 61.9 Å². The first-order chi connectivity index (χ1) is 15.9. The Morgan fingerprint density at radius 1 is 0.848 bits per heavy atom. The number of anilines is 3. The molecule has 6 heteroatoms. The first kappa shape index (κ1) is 22.1. The van der Waals surface area contributed by atoms with Crippen molar-refractivity contribution in [1.82, 2.24) is 0 Å². The van der Waals surface area contributed by atoms with Crippen LogP contribution in [0.2, 0.25) is 0 Å². The van der Waals surface area contributed by atoms with Gasteiger partial charge >= 0.3 is 0 Å². The summed E-state index contributed by atoms with van der Waals surface area (Å²) in [6.45, 7) is 4.48. The van der Waals surface area contributed by atoms with Crippen LogP contribution in [0, 0.1) is 6.92 Å². The van der Waals surface area contributed by atoms with E-state index in [-0.39, 0.29) is 17.5 Å². The largest absolute Gasteiger partial charge is 0.494 e. The molecule has 6 nitrogen and oxygen atoms in total. The van der Waals surface area contributed by atoms with Crippen LogP contribution in [0.1, 0.15) is 18.1 Å². The van der Waals surface area contributed by atoms with Crippen LogP contribution in [0.3, 0.4) is 0 Å². The Balaban J connectivity index is 1.73. The molecule has 33 heavy (non-hydrogen) atoms. The van der Waals surface area contributed by atoms with Crippen molar-refractivity contribution in [2.75, 3.05) is 35.8 Å². The number of ether oxygens (including phenoxy) is 1. The highest BCUT2D eigenvalue weighted by atomic mass is 16.5. The summed E-state index contributed by atoms with van der Waals surface area (Å²) in [6.07, 6.45) is 0. The summed E-state index contributed by atoms with van der Waals surface area (Å²) in [6, 6.07) is 22.3. The van der Waals surface area contributed by atoms with Crippen LogP contribution in [0.25, 0.3) is 5.57 Å². The third kappa shape index (κ3) is 4.46. The number of hydrogen-bond donors (Lipinski definition) is 1. The molecule has 4 rings (SSSR count). The van der Waals surface area contributed by atoms with Gasteiger partial charge in [0.1, 0.15) is 11.4 Å². The Morgan fingerprint density at radius 2 is 1.48 bits per heavy atom. The van der Waals surface area contributed by atoms with Crippen molar-refractivity contribution < 1.29 is 14.3 Å². The molecular formula is C27H27N3O3. The minimum Gasteiger partial charge on any atom is -0.494 e. The van der Waals surface area contributed by atoms with E-state index in [1.54, 1.807) is 12.1 Å². The van der Waals surface area contributed by atoms with Gasteiger partial charge in [-0.15, -0.1) is 0 Å². The molecule has 0 saturated carbocycles. The third-order valence-corrected chi connectivity index (χ3v) is 5.48. The second kappa shape index (κ2) is 9.20. The summed E-state index contributed by atoms with van der Waals surface area (Å²) >= 11 is 0. The molecule has 3 aromatic rings. The van der Waals surface area contributed by atoms with E-state index in [1.807, 2.05) is 93.5 Å². The molecule has 1 N–H and O–H groups in total. The Bertz CT molecular complexity index is 1190. The summed E-state index contributed by atoms with van der Waals surface area (Å²) in [5.41, 5.74) is 4.59. The monoisotopic (exact) mass is 441 g/mol. The molecule has 2 amide bonds. The van der Waals surface area contributed by atoms with Crippen molar-refractivity contribution >= 4 is 34.4 Å². The molecule has 0 bridgehead atoms. The number of carbonyl (C=O) groups excluding carboxylic acids is 2. The van der Waals surface area contributed by atoms with Crippen molar-refractivity contribution in [3.05, 3.63) is 89.6 Å². The molecule has 0 unspecified atom stereocenters. The van der Waals surface area contributed by atoms with E-state index in [1.165, 1.54) is 4.90 Å². The lowest BCUT2D eigenvalue weighted by Crippen LogP contribution is -2.32. The summed E-state index contributed by atoms with van der Waals surface area (Å²) in [5, 5.41) is 3.19. The minimum atomic E-state index is -0.387. The van der Waals surface area contributed by atoms with E-state index < -0.39 is 0 Å². The number of carbonyl (C=O) groups is 2. The fourth-order valence-corrected chi connectivity index (χ4v) is 3.71. The first-order valence-electron chi connectivity index (χ1n) is 10.9. The molecule has 0 fully saturated rings. The molecule has 0 spiro atoms. The van der Waals surface area contributed by atoms with Gasteiger partial charge in [0.2, 0.25) is 0 Å². The number of imide groups is 1. The van der Waals surface area contributed by atoms with Crippen molar-refractivity contribution in [2.45, 2.75) is 13.8 Å². The summed E-state index contributed by atoms with van der Waals surface area (Å²) in [5.74, 6) is 0.00387. The van der Waals surface area contributed by atoms with Crippen molar-refractivity contribution in [1.29, 1.82) is 0 Å². The lowest BCUT2D eigenvalue weighted by Gasteiger charge is -2.18. The molecule has 0 aromatic heterocycles. The van der Waals surface area contributed by atoms with Crippen molar-refractivity contribution in [3.63, 3.8) is 0 Å². The Hall–Kier alpha value is -4.06. The standard InChI is InChI=1S/C27H27N3O3/c1-5-33-23-16-10-20(11-17-23)28-25-24(19-8-6-18(2)7-9-19)26(31)30(27(25)32)22-14-12-21(13-15-22)29(3)4/h6-17,28H,5H2,1-4H3. The highest BCUT2D eigenvalue weighted by Gasteiger charge is 2.40. The number of hydrogen-bond acceptors (Lipinski definition) is 5. The van der Waals surface area contributed by atoms with Gasteiger partial charge < -0.3 is 15.0 Å². The average Bonchev–Trinajstić information content (AvgIpc) is 3.05. The summed E-state index contributed by atoms with van der Waals surface area (Å²) in [4.78, 5) is 30.2. The second-order valence-corrected chi connectivity index (χ2v) is 8.05. The van der Waals surface area contributed by atoms with Crippen LogP contribution >= 0.6 is 0 Å². The zero-order valence-corrected chi connectivity index (χ0v) is 19.3. The number of aryl methyl sites for hydroxylation is 1. The number of rotatable bonds is 7. The fraction of sp³-hybridized carbons (Fsp3) is 0.185. The smallest absolute Gasteiger partial charge is 0.282 e. The number of benzene rings is 3. The van der Waals surface area contributed by atoms with Crippen LogP contribution in [0.5, 0.6) is 5.75 Å². The Labute approximate surface area is 194 Å². The fourth-order valence-electron chi connectivity index (χ4n) is 3.71. The van der Waals surface area contributed by atoms with E-state index in [9.17, 15) is 9.59 Å². The quantitative estimate of drug-likeness (QED) is 0.531. The number of nitrogens with one attached hydrogen (secondary N) is 1. The maximum atomic E-state index is 13.5. The van der Waals surface area contributed by atoms with Gasteiger partial charge in [-0.3, -0.25) is 9.59 Å². The van der Waals surface area contributed by atoms with E-state index in [2.05, 4.69) is 5.32 Å². The molecule has 0 saturated heterocycles. The van der Waals surface area contributed by atoms with Gasteiger partial charge in [0.15, 0.2) is 0 Å². The average molecular weight is 442 g/mol. The van der Waals surface area contributed by atoms with Gasteiger partial charge in [-0.1, -0.05) is 29.8 Å². The predicted octanol–water partition coefficient (Wildman–Crippen LogP) is 4.86. The zero-order chi connectivity index (χ0) is 23.5. The lowest BCUT2D eigenvalue weighted by atomic mass is 10.0.